The van der Waals surface area contributed by atoms with Crippen LogP contribution < -0.4 is 10.2 Å². The third-order valence-corrected chi connectivity index (χ3v) is 2.99. The maximum Gasteiger partial charge on any atom is 0.227 e. The summed E-state index contributed by atoms with van der Waals surface area (Å²) >= 11 is 0. The van der Waals surface area contributed by atoms with Crippen LogP contribution in [0.1, 0.15) is 32.4 Å². The van der Waals surface area contributed by atoms with Crippen LogP contribution in [0, 0.1) is 0 Å². The van der Waals surface area contributed by atoms with Crippen molar-refractivity contribution < 1.29 is 19.0 Å². The lowest BCUT2D eigenvalue weighted by Gasteiger charge is -2.19. The Morgan fingerprint density at radius 3 is 2.89 bits per heavy atom. The molecule has 2 heterocycles. The Kier molecular flexibility index (Phi) is 3.73. The first-order valence-electron chi connectivity index (χ1n) is 6.03. The lowest BCUT2D eigenvalue weighted by atomic mass is 10.1. The molecule has 5 nitrogen and oxygen atoms in total. The van der Waals surface area contributed by atoms with E-state index in [1.807, 2.05) is 13.8 Å². The van der Waals surface area contributed by atoms with Gasteiger partial charge in [-0.2, -0.15) is 0 Å². The summed E-state index contributed by atoms with van der Waals surface area (Å²) in [7, 11) is 0. The summed E-state index contributed by atoms with van der Waals surface area (Å²) in [5.74, 6) is 0.381. The van der Waals surface area contributed by atoms with Gasteiger partial charge in [0.2, 0.25) is 11.2 Å². The molecule has 100 valence electrons. The minimum Gasteiger partial charge on any atom is -0.484 e. The van der Waals surface area contributed by atoms with Crippen LogP contribution in [0.2, 0.25) is 0 Å². The first-order chi connectivity index (χ1) is 8.50. The van der Waals surface area contributed by atoms with Crippen LogP contribution in [0.15, 0.2) is 21.5 Å². The van der Waals surface area contributed by atoms with E-state index in [1.165, 1.54) is 12.3 Å². The molecule has 1 atom stereocenters. The molecule has 1 aliphatic rings. The maximum absolute atomic E-state index is 11.6. The van der Waals surface area contributed by atoms with Crippen LogP contribution in [0.25, 0.3) is 0 Å². The molecule has 5 heteroatoms. The molecule has 1 aliphatic heterocycles. The van der Waals surface area contributed by atoms with Gasteiger partial charge < -0.3 is 19.0 Å². The van der Waals surface area contributed by atoms with E-state index in [-0.39, 0.29) is 35.3 Å². The Balaban J connectivity index is 1.93. The van der Waals surface area contributed by atoms with E-state index >= 15 is 0 Å². The molecule has 0 spiro atoms. The van der Waals surface area contributed by atoms with Crippen LogP contribution in [0.3, 0.4) is 0 Å². The molecule has 1 N–H and O–H groups in total. The summed E-state index contributed by atoms with van der Waals surface area (Å²) in [6, 6.07) is 1.23. The van der Waals surface area contributed by atoms with Crippen molar-refractivity contribution in [3.8, 4) is 5.75 Å². The molecule has 1 fully saturated rings. The fourth-order valence-corrected chi connectivity index (χ4v) is 2.00. The first kappa shape index (κ1) is 13.1. The number of ether oxygens (including phenoxy) is 2. The van der Waals surface area contributed by atoms with E-state index in [1.54, 1.807) is 0 Å². The Morgan fingerprint density at radius 2 is 2.33 bits per heavy atom. The molecule has 0 radical (unpaired) electrons. The molecule has 0 aromatic carbocycles. The quantitative estimate of drug-likeness (QED) is 0.881. The van der Waals surface area contributed by atoms with E-state index in [2.05, 4.69) is 0 Å². The second-order valence-corrected chi connectivity index (χ2v) is 5.08. The van der Waals surface area contributed by atoms with Crippen LogP contribution in [0.4, 0.5) is 0 Å². The van der Waals surface area contributed by atoms with Gasteiger partial charge in [0.15, 0.2) is 0 Å². The minimum atomic E-state index is -0.296. The standard InChI is InChI=1S/C13H18O5/c1-13(2)4-3-9(18-13)7-17-12-8-16-10(6-14)5-11(12)15/h5,8-9,14H,3-4,6-7H2,1-2H3. The smallest absolute Gasteiger partial charge is 0.227 e. The molecule has 1 aromatic heterocycles. The van der Waals surface area contributed by atoms with Crippen LogP contribution >= 0.6 is 0 Å². The molecular weight excluding hydrogens is 236 g/mol. The maximum atomic E-state index is 11.6. The van der Waals surface area contributed by atoms with Crippen molar-refractivity contribution in [3.05, 3.63) is 28.3 Å². The number of hydrogen-bond donors (Lipinski definition) is 1. The molecular formula is C13H18O5. The zero-order valence-corrected chi connectivity index (χ0v) is 10.6. The lowest BCUT2D eigenvalue weighted by molar-refractivity contribution is -0.0330. The van der Waals surface area contributed by atoms with E-state index in [9.17, 15) is 4.79 Å². The van der Waals surface area contributed by atoms with E-state index < -0.39 is 0 Å². The molecule has 1 saturated heterocycles. The van der Waals surface area contributed by atoms with Crippen molar-refractivity contribution in [1.29, 1.82) is 0 Å². The largest absolute Gasteiger partial charge is 0.484 e. The number of aliphatic hydroxyl groups is 1. The summed E-state index contributed by atoms with van der Waals surface area (Å²) < 4.78 is 16.2. The second kappa shape index (κ2) is 5.12. The van der Waals surface area contributed by atoms with Crippen LogP contribution in [0.5, 0.6) is 5.75 Å². The normalized spacial score (nSPS) is 22.1. The average molecular weight is 254 g/mol. The molecule has 0 amide bonds. The van der Waals surface area contributed by atoms with E-state index in [0.717, 1.165) is 12.8 Å². The van der Waals surface area contributed by atoms with Crippen molar-refractivity contribution in [2.75, 3.05) is 6.61 Å². The van der Waals surface area contributed by atoms with Crippen LogP contribution in [-0.4, -0.2) is 23.4 Å². The zero-order chi connectivity index (χ0) is 13.2. The molecule has 0 aliphatic carbocycles. The summed E-state index contributed by atoms with van der Waals surface area (Å²) in [5.41, 5.74) is -0.401. The summed E-state index contributed by atoms with van der Waals surface area (Å²) in [5, 5.41) is 8.82. The Morgan fingerprint density at radius 1 is 1.56 bits per heavy atom. The third-order valence-electron chi connectivity index (χ3n) is 2.99. The fraction of sp³-hybridized carbons (Fsp3) is 0.615. The molecule has 0 bridgehead atoms. The van der Waals surface area contributed by atoms with Gasteiger partial charge in [0.1, 0.15) is 25.2 Å². The summed E-state index contributed by atoms with van der Waals surface area (Å²) in [6.07, 6.45) is 3.15. The Hall–Kier alpha value is -1.33. The molecule has 2 rings (SSSR count). The van der Waals surface area contributed by atoms with Gasteiger partial charge >= 0.3 is 0 Å². The minimum absolute atomic E-state index is 0.0110. The van der Waals surface area contributed by atoms with Crippen LogP contribution in [-0.2, 0) is 11.3 Å². The van der Waals surface area contributed by atoms with Gasteiger partial charge in [0, 0.05) is 6.07 Å². The molecule has 18 heavy (non-hydrogen) atoms. The summed E-state index contributed by atoms with van der Waals surface area (Å²) in [4.78, 5) is 11.6. The van der Waals surface area contributed by atoms with Crippen molar-refractivity contribution >= 4 is 0 Å². The highest BCUT2D eigenvalue weighted by Crippen LogP contribution is 2.29. The predicted octanol–water partition coefficient (Wildman–Crippen LogP) is 1.47. The van der Waals surface area contributed by atoms with Gasteiger partial charge in [-0.05, 0) is 26.7 Å². The van der Waals surface area contributed by atoms with Crippen molar-refractivity contribution in [2.45, 2.75) is 45.0 Å². The first-order valence-corrected chi connectivity index (χ1v) is 6.03. The van der Waals surface area contributed by atoms with Gasteiger partial charge in [-0.1, -0.05) is 0 Å². The topological polar surface area (TPSA) is 68.9 Å². The number of aliphatic hydroxyl groups excluding tert-OH is 1. The highest BCUT2D eigenvalue weighted by molar-refractivity contribution is 5.17. The van der Waals surface area contributed by atoms with E-state index in [4.69, 9.17) is 19.0 Å². The van der Waals surface area contributed by atoms with Gasteiger partial charge in [-0.3, -0.25) is 4.79 Å². The van der Waals surface area contributed by atoms with Crippen molar-refractivity contribution in [1.82, 2.24) is 0 Å². The highest BCUT2D eigenvalue weighted by Gasteiger charge is 2.32. The zero-order valence-electron chi connectivity index (χ0n) is 10.6. The average Bonchev–Trinajstić information content (AvgIpc) is 2.67. The third kappa shape index (κ3) is 3.11. The van der Waals surface area contributed by atoms with E-state index in [0.29, 0.717) is 6.61 Å². The summed E-state index contributed by atoms with van der Waals surface area (Å²) in [6.45, 7) is 4.12. The van der Waals surface area contributed by atoms with Gasteiger partial charge in [-0.15, -0.1) is 0 Å². The predicted molar refractivity (Wildman–Crippen MR) is 64.6 cm³/mol. The monoisotopic (exact) mass is 254 g/mol. The Labute approximate surface area is 105 Å². The molecule has 0 saturated carbocycles. The Bertz CT molecular complexity index is 463. The number of rotatable bonds is 4. The lowest BCUT2D eigenvalue weighted by Crippen LogP contribution is -2.24. The molecule has 1 unspecified atom stereocenters. The number of hydrogen-bond acceptors (Lipinski definition) is 5. The van der Waals surface area contributed by atoms with Crippen molar-refractivity contribution in [3.63, 3.8) is 0 Å². The fourth-order valence-electron chi connectivity index (χ4n) is 2.00. The second-order valence-electron chi connectivity index (χ2n) is 5.08. The molecule has 1 aromatic rings. The van der Waals surface area contributed by atoms with Gasteiger partial charge in [0.05, 0.1) is 11.7 Å². The SMILES string of the molecule is CC1(C)CCC(COc2coc(CO)cc2=O)O1. The highest BCUT2D eigenvalue weighted by atomic mass is 16.6. The van der Waals surface area contributed by atoms with Gasteiger partial charge in [-0.25, -0.2) is 0 Å². The van der Waals surface area contributed by atoms with Gasteiger partial charge in [0.25, 0.3) is 0 Å². The van der Waals surface area contributed by atoms with Crippen molar-refractivity contribution in [2.24, 2.45) is 0 Å².